The van der Waals surface area contributed by atoms with Crippen LogP contribution in [0, 0.1) is 0 Å². The Morgan fingerprint density at radius 2 is 1.91 bits per heavy atom. The Balaban J connectivity index is 1.77. The number of amides is 1. The number of aromatic nitrogens is 1. The maximum Gasteiger partial charge on any atom is 0.380 e. The topological polar surface area (TPSA) is 121 Å². The second kappa shape index (κ2) is 10.6. The van der Waals surface area contributed by atoms with Crippen molar-refractivity contribution >= 4 is 27.5 Å². The Morgan fingerprint density at radius 3 is 2.53 bits per heavy atom. The first-order chi connectivity index (χ1) is 15.3. The van der Waals surface area contributed by atoms with Crippen molar-refractivity contribution in [3.63, 3.8) is 0 Å². The second-order valence-electron chi connectivity index (χ2n) is 7.06. The van der Waals surface area contributed by atoms with E-state index in [4.69, 9.17) is 9.88 Å². The molecule has 0 aliphatic heterocycles. The second-order valence-corrected chi connectivity index (χ2v) is 9.11. The van der Waals surface area contributed by atoms with E-state index in [-0.39, 0.29) is 24.1 Å². The van der Waals surface area contributed by atoms with Gasteiger partial charge in [-0.05, 0) is 36.6 Å². The van der Waals surface area contributed by atoms with Crippen molar-refractivity contribution in [2.45, 2.75) is 32.2 Å². The molecule has 32 heavy (non-hydrogen) atoms. The molecular weight excluding hydrogens is 450 g/mol. The molecule has 0 spiro atoms. The molecule has 0 bridgehead atoms. The molecule has 0 saturated heterocycles. The van der Waals surface area contributed by atoms with Gasteiger partial charge in [0.15, 0.2) is 0 Å². The summed E-state index contributed by atoms with van der Waals surface area (Å²) in [6.07, 6.45) is 1.45. The van der Waals surface area contributed by atoms with Crippen LogP contribution in [0.1, 0.15) is 34.8 Å². The standard InChI is InChI=1S/C22H25N3O5S2/c1-3-17-14-31-22(24-17)19(12-15-8-10-18(11-9-15)30-32(23,27)28)25-21(26)13-16-6-4-5-7-20(16)29-2/h4-11,14,19H,3,12-13H2,1-2H3,(H,25,26)(H2,23,27,28)/t19-/m0/s1. The molecule has 3 aromatic rings. The number of carbonyl (C=O) groups excluding carboxylic acids is 1. The number of benzene rings is 2. The van der Waals surface area contributed by atoms with Gasteiger partial charge in [0.05, 0.1) is 25.3 Å². The van der Waals surface area contributed by atoms with E-state index in [0.717, 1.165) is 28.2 Å². The van der Waals surface area contributed by atoms with Gasteiger partial charge in [-0.25, -0.2) is 4.98 Å². The van der Waals surface area contributed by atoms with Crippen molar-refractivity contribution in [3.05, 3.63) is 75.7 Å². The third-order valence-electron chi connectivity index (χ3n) is 4.68. The highest BCUT2D eigenvalue weighted by atomic mass is 32.2. The highest BCUT2D eigenvalue weighted by Gasteiger charge is 2.20. The minimum Gasteiger partial charge on any atom is -0.496 e. The summed E-state index contributed by atoms with van der Waals surface area (Å²) < 4.78 is 32.2. The number of thiazole rings is 1. The minimum atomic E-state index is -4.08. The molecular formula is C22H25N3O5S2. The number of nitrogens with one attached hydrogen (secondary N) is 1. The number of hydrogen-bond acceptors (Lipinski definition) is 7. The van der Waals surface area contributed by atoms with Gasteiger partial charge in [-0.15, -0.1) is 11.3 Å². The molecule has 1 aromatic heterocycles. The summed E-state index contributed by atoms with van der Waals surface area (Å²) in [7, 11) is -2.51. The Morgan fingerprint density at radius 1 is 1.19 bits per heavy atom. The minimum absolute atomic E-state index is 0.121. The summed E-state index contributed by atoms with van der Waals surface area (Å²) in [5.74, 6) is 0.629. The summed E-state index contributed by atoms with van der Waals surface area (Å²) in [5, 5.41) is 10.8. The first kappa shape index (κ1) is 23.7. The molecule has 0 saturated carbocycles. The molecule has 1 heterocycles. The molecule has 3 N–H and O–H groups in total. The molecule has 1 amide bonds. The number of hydrogen-bond donors (Lipinski definition) is 2. The van der Waals surface area contributed by atoms with Crippen molar-refractivity contribution in [3.8, 4) is 11.5 Å². The summed E-state index contributed by atoms with van der Waals surface area (Å²) in [6.45, 7) is 2.03. The smallest absolute Gasteiger partial charge is 0.380 e. The Hall–Kier alpha value is -2.95. The van der Waals surface area contributed by atoms with Gasteiger partial charge < -0.3 is 14.2 Å². The lowest BCUT2D eigenvalue weighted by atomic mass is 10.0. The molecule has 0 aliphatic carbocycles. The van der Waals surface area contributed by atoms with Crippen LogP contribution in [0.4, 0.5) is 0 Å². The van der Waals surface area contributed by atoms with Crippen LogP contribution in [0.25, 0.3) is 0 Å². The SMILES string of the molecule is CCc1csc([C@H](Cc2ccc(OS(N)(=O)=O)cc2)NC(=O)Cc2ccccc2OC)n1. The van der Waals surface area contributed by atoms with Crippen LogP contribution in [-0.4, -0.2) is 26.4 Å². The molecule has 8 nitrogen and oxygen atoms in total. The van der Waals surface area contributed by atoms with E-state index < -0.39 is 10.3 Å². The van der Waals surface area contributed by atoms with Crippen LogP contribution < -0.4 is 19.4 Å². The molecule has 3 rings (SSSR count). The lowest BCUT2D eigenvalue weighted by Gasteiger charge is -2.18. The first-order valence-electron chi connectivity index (χ1n) is 9.94. The first-order valence-corrected chi connectivity index (χ1v) is 12.3. The molecule has 1 atom stereocenters. The Kier molecular flexibility index (Phi) is 7.84. The maximum absolute atomic E-state index is 12.9. The number of aryl methyl sites for hydroxylation is 1. The van der Waals surface area contributed by atoms with E-state index >= 15 is 0 Å². The number of carbonyl (C=O) groups is 1. The van der Waals surface area contributed by atoms with Gasteiger partial charge in [0.1, 0.15) is 16.5 Å². The van der Waals surface area contributed by atoms with Gasteiger partial charge in [0.2, 0.25) is 5.91 Å². The number of nitrogens with zero attached hydrogens (tertiary/aromatic N) is 1. The van der Waals surface area contributed by atoms with Crippen LogP contribution in [0.15, 0.2) is 53.9 Å². The zero-order valence-electron chi connectivity index (χ0n) is 17.8. The fourth-order valence-corrected chi connectivity index (χ4v) is 4.50. The van der Waals surface area contributed by atoms with E-state index in [1.807, 2.05) is 36.6 Å². The normalized spacial score (nSPS) is 12.2. The fourth-order valence-electron chi connectivity index (χ4n) is 3.16. The Labute approximate surface area is 191 Å². The van der Waals surface area contributed by atoms with Crippen LogP contribution in [0.3, 0.4) is 0 Å². The van der Waals surface area contributed by atoms with Gasteiger partial charge in [-0.1, -0.05) is 37.3 Å². The summed E-state index contributed by atoms with van der Waals surface area (Å²) in [6, 6.07) is 13.6. The van der Waals surface area contributed by atoms with Crippen molar-refractivity contribution in [2.24, 2.45) is 5.14 Å². The van der Waals surface area contributed by atoms with Gasteiger partial charge in [0, 0.05) is 10.9 Å². The van der Waals surface area contributed by atoms with E-state index in [1.165, 1.54) is 23.5 Å². The maximum atomic E-state index is 12.9. The molecule has 170 valence electrons. The predicted molar refractivity (Wildman–Crippen MR) is 123 cm³/mol. The zero-order chi connectivity index (χ0) is 23.1. The Bertz CT molecular complexity index is 1160. The van der Waals surface area contributed by atoms with E-state index in [1.54, 1.807) is 19.2 Å². The number of methoxy groups -OCH3 is 1. The number of ether oxygens (including phenoxy) is 1. The van der Waals surface area contributed by atoms with E-state index in [2.05, 4.69) is 14.5 Å². The third-order valence-corrected chi connectivity index (χ3v) is 6.12. The summed E-state index contributed by atoms with van der Waals surface area (Å²) >= 11 is 1.50. The summed E-state index contributed by atoms with van der Waals surface area (Å²) in [4.78, 5) is 17.5. The average Bonchev–Trinajstić information content (AvgIpc) is 3.23. The lowest BCUT2D eigenvalue weighted by Crippen LogP contribution is -2.31. The van der Waals surface area contributed by atoms with Crippen molar-refractivity contribution in [1.29, 1.82) is 0 Å². The third kappa shape index (κ3) is 6.78. The van der Waals surface area contributed by atoms with Gasteiger partial charge in [-0.2, -0.15) is 13.6 Å². The van der Waals surface area contributed by atoms with Crippen molar-refractivity contribution in [2.75, 3.05) is 7.11 Å². The molecule has 0 radical (unpaired) electrons. The van der Waals surface area contributed by atoms with Gasteiger partial charge in [-0.3, -0.25) is 4.79 Å². The van der Waals surface area contributed by atoms with Gasteiger partial charge in [0.25, 0.3) is 0 Å². The van der Waals surface area contributed by atoms with Crippen LogP contribution >= 0.6 is 11.3 Å². The molecule has 2 aromatic carbocycles. The number of rotatable bonds is 10. The van der Waals surface area contributed by atoms with Crippen LogP contribution in [-0.2, 0) is 34.4 Å². The fraction of sp³-hybridized carbons (Fsp3) is 0.273. The van der Waals surface area contributed by atoms with E-state index in [0.29, 0.717) is 12.2 Å². The largest absolute Gasteiger partial charge is 0.496 e. The predicted octanol–water partition coefficient (Wildman–Crippen LogP) is 2.94. The van der Waals surface area contributed by atoms with Crippen molar-refractivity contribution in [1.82, 2.24) is 10.3 Å². The van der Waals surface area contributed by atoms with Crippen LogP contribution in [0.5, 0.6) is 11.5 Å². The van der Waals surface area contributed by atoms with Gasteiger partial charge >= 0.3 is 10.3 Å². The molecule has 0 aliphatic rings. The average molecular weight is 476 g/mol. The van der Waals surface area contributed by atoms with Crippen molar-refractivity contribution < 1.29 is 22.1 Å². The lowest BCUT2D eigenvalue weighted by molar-refractivity contribution is -0.121. The molecule has 10 heteroatoms. The number of nitrogens with two attached hydrogens (primary N) is 1. The quantitative estimate of drug-likeness (QED) is 0.465. The molecule has 0 unspecified atom stereocenters. The monoisotopic (exact) mass is 475 g/mol. The van der Waals surface area contributed by atoms with E-state index in [9.17, 15) is 13.2 Å². The zero-order valence-corrected chi connectivity index (χ0v) is 19.4. The van der Waals surface area contributed by atoms with Crippen LogP contribution in [0.2, 0.25) is 0 Å². The molecule has 0 fully saturated rings. The number of para-hydroxylation sites is 1. The highest BCUT2D eigenvalue weighted by molar-refractivity contribution is 7.84. The summed E-state index contributed by atoms with van der Waals surface area (Å²) in [5.41, 5.74) is 2.64. The highest BCUT2D eigenvalue weighted by Crippen LogP contribution is 2.25.